The summed E-state index contributed by atoms with van der Waals surface area (Å²) < 4.78 is 27.1. The number of nitrogens with two attached hydrogens (primary N) is 1. The van der Waals surface area contributed by atoms with Crippen LogP contribution in [0.25, 0.3) is 0 Å². The van der Waals surface area contributed by atoms with Crippen LogP contribution in [0, 0.1) is 11.6 Å². The molecule has 0 aliphatic carbocycles. The van der Waals surface area contributed by atoms with Gasteiger partial charge in [0.1, 0.15) is 17.7 Å². The van der Waals surface area contributed by atoms with Crippen molar-refractivity contribution in [2.45, 2.75) is 12.5 Å². The van der Waals surface area contributed by atoms with E-state index < -0.39 is 23.6 Å². The van der Waals surface area contributed by atoms with Gasteiger partial charge in [-0.2, -0.15) is 0 Å². The summed E-state index contributed by atoms with van der Waals surface area (Å²) in [5.74, 6) is -1.84. The predicted octanol–water partition coefficient (Wildman–Crippen LogP) is 0.786. The van der Waals surface area contributed by atoms with Crippen molar-refractivity contribution in [3.8, 4) is 0 Å². The summed E-state index contributed by atoms with van der Waals surface area (Å²) in [5, 5.41) is 3.19. The summed E-state index contributed by atoms with van der Waals surface area (Å²) in [6.07, 6.45) is 0.834. The molecule has 2 rings (SSSR count). The number of primary amides is 1. The molecular formula is C13H17F2N3O. The molecule has 1 amide bonds. The molecule has 0 bridgehead atoms. The fourth-order valence-electron chi connectivity index (χ4n) is 2.38. The third kappa shape index (κ3) is 3.27. The number of carbonyl (C=O) groups is 1. The average molecular weight is 269 g/mol. The molecule has 19 heavy (non-hydrogen) atoms. The van der Waals surface area contributed by atoms with Crippen LogP contribution >= 0.6 is 0 Å². The van der Waals surface area contributed by atoms with Crippen molar-refractivity contribution in [2.75, 3.05) is 26.2 Å². The predicted molar refractivity (Wildman–Crippen MR) is 67.4 cm³/mol. The summed E-state index contributed by atoms with van der Waals surface area (Å²) in [6, 6.07) is 2.18. The second-order valence-electron chi connectivity index (χ2n) is 4.61. The fraction of sp³-hybridized carbons (Fsp3) is 0.462. The molecule has 1 fully saturated rings. The van der Waals surface area contributed by atoms with E-state index in [1.165, 1.54) is 0 Å². The number of nitrogens with one attached hydrogen (secondary N) is 1. The molecule has 1 heterocycles. The van der Waals surface area contributed by atoms with E-state index in [0.717, 1.165) is 31.2 Å². The highest BCUT2D eigenvalue weighted by atomic mass is 19.1. The summed E-state index contributed by atoms with van der Waals surface area (Å²) in [4.78, 5) is 13.4. The standard InChI is InChI=1S/C13H17F2N3O/c14-9-2-3-11(15)10(8-9)12(13(16)19)18-6-1-4-17-5-7-18/h2-3,8,12,17H,1,4-7H2,(H2,16,19). The average Bonchev–Trinajstić information content (AvgIpc) is 2.62. The number of carbonyl (C=O) groups excluding carboxylic acids is 1. The van der Waals surface area contributed by atoms with Gasteiger partial charge in [-0.15, -0.1) is 0 Å². The SMILES string of the molecule is NC(=O)C(c1cc(F)ccc1F)N1CCCNCC1. The summed E-state index contributed by atoms with van der Waals surface area (Å²) in [7, 11) is 0. The van der Waals surface area contributed by atoms with Gasteiger partial charge in [0, 0.05) is 25.2 Å². The van der Waals surface area contributed by atoms with Gasteiger partial charge in [-0.1, -0.05) is 0 Å². The second kappa shape index (κ2) is 6.08. The monoisotopic (exact) mass is 269 g/mol. The highest BCUT2D eigenvalue weighted by molar-refractivity contribution is 5.81. The summed E-state index contributed by atoms with van der Waals surface area (Å²) in [6.45, 7) is 2.73. The first-order valence-corrected chi connectivity index (χ1v) is 6.28. The van der Waals surface area contributed by atoms with Gasteiger partial charge in [0.2, 0.25) is 5.91 Å². The van der Waals surface area contributed by atoms with Crippen LogP contribution < -0.4 is 11.1 Å². The van der Waals surface area contributed by atoms with Crippen molar-refractivity contribution in [1.82, 2.24) is 10.2 Å². The van der Waals surface area contributed by atoms with E-state index in [9.17, 15) is 13.6 Å². The largest absolute Gasteiger partial charge is 0.368 e. The Kier molecular flexibility index (Phi) is 4.44. The normalized spacial score (nSPS) is 18.8. The van der Waals surface area contributed by atoms with Gasteiger partial charge in [0.15, 0.2) is 0 Å². The zero-order valence-electron chi connectivity index (χ0n) is 10.5. The van der Waals surface area contributed by atoms with E-state index in [-0.39, 0.29) is 5.56 Å². The highest BCUT2D eigenvalue weighted by Gasteiger charge is 2.28. The molecule has 1 aliphatic rings. The molecule has 1 saturated heterocycles. The minimum Gasteiger partial charge on any atom is -0.368 e. The summed E-state index contributed by atoms with van der Waals surface area (Å²) >= 11 is 0. The van der Waals surface area contributed by atoms with Crippen molar-refractivity contribution < 1.29 is 13.6 Å². The Hall–Kier alpha value is -1.53. The van der Waals surface area contributed by atoms with Gasteiger partial charge in [0.05, 0.1) is 0 Å². The van der Waals surface area contributed by atoms with Gasteiger partial charge in [-0.3, -0.25) is 9.69 Å². The number of hydrogen-bond donors (Lipinski definition) is 2. The van der Waals surface area contributed by atoms with Crippen LogP contribution in [0.5, 0.6) is 0 Å². The zero-order valence-corrected chi connectivity index (χ0v) is 10.5. The van der Waals surface area contributed by atoms with Crippen molar-refractivity contribution in [2.24, 2.45) is 5.73 Å². The van der Waals surface area contributed by atoms with Crippen LogP contribution in [-0.2, 0) is 4.79 Å². The van der Waals surface area contributed by atoms with E-state index in [2.05, 4.69) is 5.32 Å². The molecule has 4 nitrogen and oxygen atoms in total. The Bertz CT molecular complexity index is 459. The molecule has 1 aromatic carbocycles. The third-order valence-electron chi connectivity index (χ3n) is 3.26. The highest BCUT2D eigenvalue weighted by Crippen LogP contribution is 2.24. The lowest BCUT2D eigenvalue weighted by Crippen LogP contribution is -2.40. The smallest absolute Gasteiger partial charge is 0.239 e. The Morgan fingerprint density at radius 2 is 2.11 bits per heavy atom. The van der Waals surface area contributed by atoms with Crippen LogP contribution in [0.15, 0.2) is 18.2 Å². The number of amides is 1. The first-order valence-electron chi connectivity index (χ1n) is 6.28. The molecule has 3 N–H and O–H groups in total. The minimum atomic E-state index is -0.921. The lowest BCUT2D eigenvalue weighted by atomic mass is 10.0. The van der Waals surface area contributed by atoms with E-state index in [1.54, 1.807) is 4.90 Å². The van der Waals surface area contributed by atoms with Crippen molar-refractivity contribution in [3.05, 3.63) is 35.4 Å². The van der Waals surface area contributed by atoms with E-state index >= 15 is 0 Å². The quantitative estimate of drug-likeness (QED) is 0.853. The molecule has 1 atom stereocenters. The van der Waals surface area contributed by atoms with Gasteiger partial charge in [0.25, 0.3) is 0 Å². The van der Waals surface area contributed by atoms with Crippen molar-refractivity contribution in [3.63, 3.8) is 0 Å². The number of hydrogen-bond acceptors (Lipinski definition) is 3. The molecule has 1 aromatic rings. The maximum Gasteiger partial charge on any atom is 0.239 e. The van der Waals surface area contributed by atoms with Gasteiger partial charge in [-0.25, -0.2) is 8.78 Å². The van der Waals surface area contributed by atoms with Gasteiger partial charge in [-0.05, 0) is 31.2 Å². The Morgan fingerprint density at radius 3 is 2.84 bits per heavy atom. The van der Waals surface area contributed by atoms with Crippen LogP contribution in [0.1, 0.15) is 18.0 Å². The topological polar surface area (TPSA) is 58.4 Å². The number of nitrogens with zero attached hydrogens (tertiary/aromatic N) is 1. The maximum absolute atomic E-state index is 13.8. The van der Waals surface area contributed by atoms with Crippen LogP contribution in [0.4, 0.5) is 8.78 Å². The Labute approximate surface area is 110 Å². The van der Waals surface area contributed by atoms with Crippen molar-refractivity contribution in [1.29, 1.82) is 0 Å². The Morgan fingerprint density at radius 1 is 1.32 bits per heavy atom. The lowest BCUT2D eigenvalue weighted by molar-refractivity contribution is -0.123. The molecule has 0 aromatic heterocycles. The van der Waals surface area contributed by atoms with Crippen molar-refractivity contribution >= 4 is 5.91 Å². The molecule has 104 valence electrons. The lowest BCUT2D eigenvalue weighted by Gasteiger charge is -2.28. The maximum atomic E-state index is 13.8. The third-order valence-corrected chi connectivity index (χ3v) is 3.26. The fourth-order valence-corrected chi connectivity index (χ4v) is 2.38. The first-order chi connectivity index (χ1) is 9.09. The molecule has 0 radical (unpaired) electrons. The number of rotatable bonds is 3. The summed E-state index contributed by atoms with van der Waals surface area (Å²) in [5.41, 5.74) is 5.39. The van der Waals surface area contributed by atoms with Crippen LogP contribution in [0.2, 0.25) is 0 Å². The van der Waals surface area contributed by atoms with E-state index in [4.69, 9.17) is 5.73 Å². The van der Waals surface area contributed by atoms with Gasteiger partial charge < -0.3 is 11.1 Å². The van der Waals surface area contributed by atoms with E-state index in [0.29, 0.717) is 19.6 Å². The zero-order chi connectivity index (χ0) is 13.8. The molecule has 1 unspecified atom stereocenters. The number of benzene rings is 1. The minimum absolute atomic E-state index is 0.00870. The van der Waals surface area contributed by atoms with Gasteiger partial charge >= 0.3 is 0 Å². The molecule has 0 spiro atoms. The van der Waals surface area contributed by atoms with Crippen LogP contribution in [0.3, 0.4) is 0 Å². The van der Waals surface area contributed by atoms with E-state index in [1.807, 2.05) is 0 Å². The second-order valence-corrected chi connectivity index (χ2v) is 4.61. The molecule has 0 saturated carbocycles. The molecule has 1 aliphatic heterocycles. The molecule has 6 heteroatoms. The molecular weight excluding hydrogens is 252 g/mol. The first kappa shape index (κ1) is 13.9. The van der Waals surface area contributed by atoms with Crippen LogP contribution in [-0.4, -0.2) is 37.0 Å². The number of halogens is 2. The Balaban J connectivity index is 2.33.